The van der Waals surface area contributed by atoms with Crippen LogP contribution in [0.2, 0.25) is 4.34 Å². The van der Waals surface area contributed by atoms with Crippen molar-refractivity contribution in [3.05, 3.63) is 51.7 Å². The third-order valence-corrected chi connectivity index (χ3v) is 5.57. The van der Waals surface area contributed by atoms with E-state index in [9.17, 15) is 0 Å². The number of likely N-dealkylation sites (tertiary alicyclic amines) is 1. The van der Waals surface area contributed by atoms with Crippen LogP contribution in [-0.4, -0.2) is 43.6 Å². The molecule has 4 nitrogen and oxygen atoms in total. The highest BCUT2D eigenvalue weighted by Gasteiger charge is 2.22. The third kappa shape index (κ3) is 6.32. The first-order valence-electron chi connectivity index (χ1n) is 8.66. The zero-order valence-corrected chi connectivity index (χ0v) is 18.8. The zero-order chi connectivity index (χ0) is 17.5. The molecule has 1 aliphatic rings. The molecule has 1 aromatic carbocycles. The monoisotopic (exact) mass is 505 g/mol. The third-order valence-electron chi connectivity index (χ3n) is 4.28. The highest BCUT2D eigenvalue weighted by molar-refractivity contribution is 14.0. The Morgan fingerprint density at radius 3 is 2.58 bits per heavy atom. The number of halogens is 2. The second-order valence-corrected chi connectivity index (χ2v) is 7.85. The van der Waals surface area contributed by atoms with Gasteiger partial charge in [0.25, 0.3) is 0 Å². The van der Waals surface area contributed by atoms with E-state index in [2.05, 4.69) is 21.3 Å². The van der Waals surface area contributed by atoms with Crippen LogP contribution in [0.4, 0.5) is 0 Å². The molecule has 26 heavy (non-hydrogen) atoms. The van der Waals surface area contributed by atoms with Gasteiger partial charge in [-0.05, 0) is 30.7 Å². The molecule has 1 saturated heterocycles. The topological polar surface area (TPSA) is 36.9 Å². The molecular formula is C19H25ClIN3OS. The molecule has 3 rings (SSSR count). The van der Waals surface area contributed by atoms with Gasteiger partial charge in [0, 0.05) is 44.4 Å². The summed E-state index contributed by atoms with van der Waals surface area (Å²) in [6.07, 6.45) is 3.26. The van der Waals surface area contributed by atoms with Crippen molar-refractivity contribution in [2.45, 2.75) is 25.4 Å². The highest BCUT2D eigenvalue weighted by atomic mass is 127. The maximum absolute atomic E-state index is 6.06. The van der Waals surface area contributed by atoms with Gasteiger partial charge >= 0.3 is 0 Å². The van der Waals surface area contributed by atoms with Crippen molar-refractivity contribution in [1.29, 1.82) is 0 Å². The number of rotatable bonds is 5. The average molecular weight is 506 g/mol. The van der Waals surface area contributed by atoms with E-state index < -0.39 is 0 Å². The Bertz CT molecular complexity index is 687. The van der Waals surface area contributed by atoms with Crippen molar-refractivity contribution in [2.24, 2.45) is 4.99 Å². The van der Waals surface area contributed by atoms with Crippen molar-refractivity contribution >= 4 is 52.9 Å². The molecule has 0 spiro atoms. The number of thiophene rings is 1. The van der Waals surface area contributed by atoms with Crippen LogP contribution < -0.4 is 10.1 Å². The Morgan fingerprint density at radius 2 is 1.96 bits per heavy atom. The summed E-state index contributed by atoms with van der Waals surface area (Å²) in [6.45, 7) is 2.79. The minimum absolute atomic E-state index is 0. The van der Waals surface area contributed by atoms with Crippen LogP contribution in [-0.2, 0) is 6.42 Å². The predicted molar refractivity (Wildman–Crippen MR) is 121 cm³/mol. The summed E-state index contributed by atoms with van der Waals surface area (Å²) in [5.41, 5.74) is 0. The number of piperidine rings is 1. The lowest BCUT2D eigenvalue weighted by molar-refractivity contribution is 0.129. The molecule has 1 aliphatic heterocycles. The van der Waals surface area contributed by atoms with Crippen molar-refractivity contribution in [1.82, 2.24) is 10.2 Å². The van der Waals surface area contributed by atoms with Gasteiger partial charge in [0.15, 0.2) is 5.96 Å². The molecule has 1 fully saturated rings. The second-order valence-electron chi connectivity index (χ2n) is 6.05. The summed E-state index contributed by atoms with van der Waals surface area (Å²) in [5, 5.41) is 3.46. The molecule has 1 N–H and O–H groups in total. The van der Waals surface area contributed by atoms with Crippen molar-refractivity contribution < 1.29 is 4.74 Å². The van der Waals surface area contributed by atoms with E-state index in [1.807, 2.05) is 43.4 Å². The molecular weight excluding hydrogens is 481 g/mol. The number of hydrogen-bond donors (Lipinski definition) is 1. The van der Waals surface area contributed by atoms with Crippen molar-refractivity contribution in [3.8, 4) is 5.75 Å². The van der Waals surface area contributed by atoms with Gasteiger partial charge in [-0.2, -0.15) is 0 Å². The van der Waals surface area contributed by atoms with E-state index in [0.29, 0.717) is 0 Å². The van der Waals surface area contributed by atoms with Crippen molar-refractivity contribution in [2.75, 3.05) is 26.7 Å². The minimum Gasteiger partial charge on any atom is -0.490 e. The quantitative estimate of drug-likeness (QED) is 0.364. The summed E-state index contributed by atoms with van der Waals surface area (Å²) in [4.78, 5) is 8.03. The van der Waals surface area contributed by atoms with E-state index in [4.69, 9.17) is 16.3 Å². The van der Waals surface area contributed by atoms with Gasteiger partial charge in [0.05, 0.1) is 4.34 Å². The van der Waals surface area contributed by atoms with Crippen LogP contribution in [0, 0.1) is 0 Å². The van der Waals surface area contributed by atoms with Crippen LogP contribution in [0.1, 0.15) is 17.7 Å². The molecule has 1 aromatic heterocycles. The van der Waals surface area contributed by atoms with Crippen LogP contribution in [0.25, 0.3) is 0 Å². The molecule has 0 bridgehead atoms. The second kappa shape index (κ2) is 11.0. The van der Waals surface area contributed by atoms with Crippen molar-refractivity contribution in [3.63, 3.8) is 0 Å². The SMILES string of the molecule is CN=C(NCCc1ccc(Cl)s1)N1CCC(Oc2ccccc2)CC1.I. The Kier molecular flexibility index (Phi) is 9.01. The number of nitrogens with one attached hydrogen (secondary N) is 1. The normalized spacial score (nSPS) is 15.5. The summed E-state index contributed by atoms with van der Waals surface area (Å²) >= 11 is 7.62. The smallest absolute Gasteiger partial charge is 0.193 e. The zero-order valence-electron chi connectivity index (χ0n) is 14.9. The van der Waals surface area contributed by atoms with E-state index in [1.54, 1.807) is 11.3 Å². The fourth-order valence-electron chi connectivity index (χ4n) is 2.99. The number of hydrogen-bond acceptors (Lipinski definition) is 3. The number of para-hydroxylation sites is 1. The lowest BCUT2D eigenvalue weighted by atomic mass is 10.1. The number of nitrogens with zero attached hydrogens (tertiary/aromatic N) is 2. The molecule has 0 radical (unpaired) electrons. The number of ether oxygens (including phenoxy) is 1. The van der Waals surface area contributed by atoms with Crippen LogP contribution >= 0.6 is 46.9 Å². The Balaban J connectivity index is 0.00000243. The number of aliphatic imine (C=N–C) groups is 1. The van der Waals surface area contributed by atoms with E-state index in [-0.39, 0.29) is 30.1 Å². The molecule has 0 saturated carbocycles. The summed E-state index contributed by atoms with van der Waals surface area (Å²) in [5.74, 6) is 1.93. The molecule has 0 aliphatic carbocycles. The highest BCUT2D eigenvalue weighted by Crippen LogP contribution is 2.21. The Hall–Kier alpha value is -0.990. The maximum atomic E-state index is 6.06. The largest absolute Gasteiger partial charge is 0.490 e. The maximum Gasteiger partial charge on any atom is 0.193 e. The molecule has 2 heterocycles. The van der Waals surface area contributed by atoms with Gasteiger partial charge in [-0.15, -0.1) is 35.3 Å². The first-order valence-corrected chi connectivity index (χ1v) is 9.85. The fourth-order valence-corrected chi connectivity index (χ4v) is 4.08. The standard InChI is InChI=1S/C19H24ClN3OS.HI/c1-21-19(22-12-9-17-7-8-18(20)25-17)23-13-10-16(11-14-23)24-15-5-3-2-4-6-15;/h2-8,16H,9-14H2,1H3,(H,21,22);1H. The minimum atomic E-state index is 0. The Labute approximate surface area is 181 Å². The van der Waals surface area contributed by atoms with Gasteiger partial charge in [0.1, 0.15) is 11.9 Å². The summed E-state index contributed by atoms with van der Waals surface area (Å²) < 4.78 is 6.91. The molecule has 0 unspecified atom stereocenters. The van der Waals surface area contributed by atoms with Gasteiger partial charge in [-0.1, -0.05) is 29.8 Å². The van der Waals surface area contributed by atoms with Gasteiger partial charge in [0.2, 0.25) is 0 Å². The fraction of sp³-hybridized carbons (Fsp3) is 0.421. The van der Waals surface area contributed by atoms with E-state index in [0.717, 1.165) is 54.9 Å². The van der Waals surface area contributed by atoms with Crippen LogP contribution in [0.3, 0.4) is 0 Å². The average Bonchev–Trinajstić information content (AvgIpc) is 3.06. The molecule has 142 valence electrons. The van der Waals surface area contributed by atoms with E-state index >= 15 is 0 Å². The molecule has 0 atom stereocenters. The Morgan fingerprint density at radius 1 is 1.23 bits per heavy atom. The first-order chi connectivity index (χ1) is 12.2. The van der Waals surface area contributed by atoms with Crippen LogP contribution in [0.5, 0.6) is 5.75 Å². The van der Waals surface area contributed by atoms with Gasteiger partial charge in [-0.3, -0.25) is 4.99 Å². The lowest BCUT2D eigenvalue weighted by Gasteiger charge is -2.34. The molecule has 0 amide bonds. The number of benzene rings is 1. The lowest BCUT2D eigenvalue weighted by Crippen LogP contribution is -2.47. The number of guanidine groups is 1. The van der Waals surface area contributed by atoms with Gasteiger partial charge < -0.3 is 15.0 Å². The summed E-state index contributed by atoms with van der Waals surface area (Å²) in [7, 11) is 1.84. The summed E-state index contributed by atoms with van der Waals surface area (Å²) in [6, 6.07) is 14.1. The molecule has 7 heteroatoms. The molecule has 2 aromatic rings. The predicted octanol–water partition coefficient (Wildman–Crippen LogP) is 4.68. The van der Waals surface area contributed by atoms with Gasteiger partial charge in [-0.25, -0.2) is 0 Å². The van der Waals surface area contributed by atoms with Crippen LogP contribution in [0.15, 0.2) is 47.5 Å². The first kappa shape index (κ1) is 21.3. The van der Waals surface area contributed by atoms with E-state index in [1.165, 1.54) is 4.88 Å².